The second kappa shape index (κ2) is 4.79. The smallest absolute Gasteiger partial charge is 0.220 e. The Morgan fingerprint density at radius 1 is 0.947 bits per heavy atom. The lowest BCUT2D eigenvalue weighted by Crippen LogP contribution is -1.88. The highest BCUT2D eigenvalue weighted by atomic mass is 16.5. The van der Waals surface area contributed by atoms with Crippen LogP contribution in [0.15, 0.2) is 60.8 Å². The molecule has 19 heavy (non-hydrogen) atoms. The van der Waals surface area contributed by atoms with Crippen molar-refractivity contribution < 1.29 is 4.74 Å². The molecule has 0 bridgehead atoms. The fourth-order valence-corrected chi connectivity index (χ4v) is 1.89. The minimum atomic E-state index is 0.425. The molecule has 0 saturated heterocycles. The summed E-state index contributed by atoms with van der Waals surface area (Å²) in [5, 5.41) is 11.1. The van der Waals surface area contributed by atoms with Gasteiger partial charge in [-0.05, 0) is 29.0 Å². The molecule has 0 fully saturated rings. The number of hydrogen-bond donors (Lipinski definition) is 0. The van der Waals surface area contributed by atoms with Gasteiger partial charge >= 0.3 is 0 Å². The third-order valence-electron chi connectivity index (χ3n) is 2.81. The van der Waals surface area contributed by atoms with E-state index in [0.29, 0.717) is 17.2 Å². The molecule has 3 aromatic rings. The summed E-state index contributed by atoms with van der Waals surface area (Å²) in [5.41, 5.74) is 0.533. The van der Waals surface area contributed by atoms with E-state index in [2.05, 4.69) is 11.1 Å². The maximum atomic E-state index is 8.84. The van der Waals surface area contributed by atoms with Crippen LogP contribution in [0.2, 0.25) is 0 Å². The molecule has 0 spiro atoms. The van der Waals surface area contributed by atoms with Crippen LogP contribution in [0.5, 0.6) is 11.6 Å². The average Bonchev–Trinajstić information content (AvgIpc) is 2.47. The van der Waals surface area contributed by atoms with Crippen molar-refractivity contribution in [3.05, 3.63) is 66.4 Å². The lowest BCUT2D eigenvalue weighted by Gasteiger charge is -2.06. The maximum absolute atomic E-state index is 8.84. The van der Waals surface area contributed by atoms with Gasteiger partial charge in [-0.25, -0.2) is 4.98 Å². The van der Waals surface area contributed by atoms with Crippen LogP contribution in [0, 0.1) is 11.3 Å². The summed E-state index contributed by atoms with van der Waals surface area (Å²) in [6.07, 6.45) is 1.56. The van der Waals surface area contributed by atoms with Crippen LogP contribution in [-0.4, -0.2) is 4.98 Å². The second-order valence-corrected chi connectivity index (χ2v) is 4.11. The number of rotatable bonds is 2. The van der Waals surface area contributed by atoms with Crippen molar-refractivity contribution in [3.63, 3.8) is 0 Å². The zero-order valence-electron chi connectivity index (χ0n) is 10.1. The first-order valence-electron chi connectivity index (χ1n) is 5.88. The number of aromatic nitrogens is 1. The van der Waals surface area contributed by atoms with E-state index in [1.54, 1.807) is 18.3 Å². The van der Waals surface area contributed by atoms with Crippen LogP contribution >= 0.6 is 0 Å². The molecule has 3 rings (SSSR count). The van der Waals surface area contributed by atoms with Gasteiger partial charge in [0.15, 0.2) is 0 Å². The quantitative estimate of drug-likeness (QED) is 0.688. The summed E-state index contributed by atoms with van der Waals surface area (Å²) < 4.78 is 5.67. The third-order valence-corrected chi connectivity index (χ3v) is 2.81. The molecular weight excluding hydrogens is 236 g/mol. The fraction of sp³-hybridized carbons (Fsp3) is 0. The minimum absolute atomic E-state index is 0.425. The van der Waals surface area contributed by atoms with E-state index in [-0.39, 0.29) is 0 Å². The third kappa shape index (κ3) is 2.38. The van der Waals surface area contributed by atoms with Crippen LogP contribution in [-0.2, 0) is 0 Å². The number of ether oxygens (including phenoxy) is 1. The zero-order chi connectivity index (χ0) is 13.1. The molecule has 0 aliphatic rings. The standard InChI is InChI=1S/C16H10N2O/c17-11-12-7-8-18-16(9-12)19-15-6-5-13-3-1-2-4-14(13)10-15/h1-10H. The van der Waals surface area contributed by atoms with E-state index in [4.69, 9.17) is 10.00 Å². The van der Waals surface area contributed by atoms with Crippen molar-refractivity contribution in [1.29, 1.82) is 5.26 Å². The van der Waals surface area contributed by atoms with Gasteiger partial charge < -0.3 is 4.74 Å². The Morgan fingerprint density at radius 3 is 2.63 bits per heavy atom. The van der Waals surface area contributed by atoms with Crippen LogP contribution in [0.1, 0.15) is 5.56 Å². The molecule has 0 amide bonds. The minimum Gasteiger partial charge on any atom is -0.439 e. The number of nitriles is 1. The Labute approximate surface area is 110 Å². The number of pyridine rings is 1. The first-order valence-corrected chi connectivity index (χ1v) is 5.88. The number of fused-ring (bicyclic) bond motifs is 1. The van der Waals surface area contributed by atoms with Crippen LogP contribution in [0.3, 0.4) is 0 Å². The molecule has 0 aliphatic carbocycles. The first kappa shape index (κ1) is 11.2. The molecule has 90 valence electrons. The summed E-state index contributed by atoms with van der Waals surface area (Å²) >= 11 is 0. The van der Waals surface area contributed by atoms with E-state index >= 15 is 0 Å². The normalized spacial score (nSPS) is 10.1. The van der Waals surface area contributed by atoms with Gasteiger partial charge in [0.1, 0.15) is 5.75 Å². The van der Waals surface area contributed by atoms with Crippen molar-refractivity contribution in [2.24, 2.45) is 0 Å². The topological polar surface area (TPSA) is 45.9 Å². The lowest BCUT2D eigenvalue weighted by molar-refractivity contribution is 0.463. The molecule has 0 N–H and O–H groups in total. The number of benzene rings is 2. The van der Waals surface area contributed by atoms with Crippen LogP contribution in [0.4, 0.5) is 0 Å². The van der Waals surface area contributed by atoms with E-state index in [1.165, 1.54) is 0 Å². The van der Waals surface area contributed by atoms with E-state index in [1.807, 2.05) is 42.5 Å². The highest BCUT2D eigenvalue weighted by Crippen LogP contribution is 2.24. The van der Waals surface area contributed by atoms with Crippen LogP contribution < -0.4 is 4.74 Å². The fourth-order valence-electron chi connectivity index (χ4n) is 1.89. The van der Waals surface area contributed by atoms with Crippen molar-refractivity contribution in [2.75, 3.05) is 0 Å². The van der Waals surface area contributed by atoms with Gasteiger partial charge in [-0.3, -0.25) is 0 Å². The van der Waals surface area contributed by atoms with Gasteiger partial charge in [-0.2, -0.15) is 5.26 Å². The van der Waals surface area contributed by atoms with Gasteiger partial charge in [0.05, 0.1) is 11.6 Å². The van der Waals surface area contributed by atoms with Crippen molar-refractivity contribution >= 4 is 10.8 Å². The highest BCUT2D eigenvalue weighted by molar-refractivity contribution is 5.83. The lowest BCUT2D eigenvalue weighted by atomic mass is 10.1. The van der Waals surface area contributed by atoms with Crippen molar-refractivity contribution in [3.8, 4) is 17.7 Å². The predicted octanol–water partition coefficient (Wildman–Crippen LogP) is 3.90. The Balaban J connectivity index is 1.94. The molecular formula is C16H10N2O. The maximum Gasteiger partial charge on any atom is 0.220 e. The van der Waals surface area contributed by atoms with E-state index in [0.717, 1.165) is 10.8 Å². The molecule has 0 aliphatic heterocycles. The SMILES string of the molecule is N#Cc1ccnc(Oc2ccc3ccccc3c2)c1. The zero-order valence-corrected chi connectivity index (χ0v) is 10.1. The van der Waals surface area contributed by atoms with Gasteiger partial charge in [0.25, 0.3) is 0 Å². The van der Waals surface area contributed by atoms with Crippen molar-refractivity contribution in [1.82, 2.24) is 4.98 Å². The largest absolute Gasteiger partial charge is 0.439 e. The van der Waals surface area contributed by atoms with Gasteiger partial charge in [0, 0.05) is 12.3 Å². The number of hydrogen-bond acceptors (Lipinski definition) is 3. The molecule has 1 heterocycles. The monoisotopic (exact) mass is 246 g/mol. The van der Waals surface area contributed by atoms with E-state index < -0.39 is 0 Å². The van der Waals surface area contributed by atoms with E-state index in [9.17, 15) is 0 Å². The molecule has 0 radical (unpaired) electrons. The summed E-state index contributed by atoms with van der Waals surface area (Å²) in [5.74, 6) is 1.13. The molecule has 0 unspecified atom stereocenters. The van der Waals surface area contributed by atoms with Crippen molar-refractivity contribution in [2.45, 2.75) is 0 Å². The van der Waals surface area contributed by atoms with Gasteiger partial charge in [-0.1, -0.05) is 30.3 Å². The predicted molar refractivity (Wildman–Crippen MR) is 73.0 cm³/mol. The summed E-state index contributed by atoms with van der Waals surface area (Å²) in [6, 6.07) is 19.2. The molecule has 3 heteroatoms. The Morgan fingerprint density at radius 2 is 1.79 bits per heavy atom. The second-order valence-electron chi connectivity index (χ2n) is 4.11. The molecule has 3 nitrogen and oxygen atoms in total. The number of nitrogens with zero attached hydrogens (tertiary/aromatic N) is 2. The molecule has 1 aromatic heterocycles. The molecule has 0 atom stereocenters. The highest BCUT2D eigenvalue weighted by Gasteiger charge is 2.01. The summed E-state index contributed by atoms with van der Waals surface area (Å²) in [4.78, 5) is 4.09. The van der Waals surface area contributed by atoms with Crippen LogP contribution in [0.25, 0.3) is 10.8 Å². The Hall–Kier alpha value is -2.86. The van der Waals surface area contributed by atoms with Gasteiger partial charge in [0.2, 0.25) is 5.88 Å². The Kier molecular flexibility index (Phi) is 2.83. The molecule has 0 saturated carbocycles. The summed E-state index contributed by atoms with van der Waals surface area (Å²) in [6.45, 7) is 0. The summed E-state index contributed by atoms with van der Waals surface area (Å²) in [7, 11) is 0. The average molecular weight is 246 g/mol. The molecule has 2 aromatic carbocycles. The Bertz CT molecular complexity index is 775. The van der Waals surface area contributed by atoms with Gasteiger partial charge in [-0.15, -0.1) is 0 Å². The first-order chi connectivity index (χ1) is 9.35.